The molecule has 0 bridgehead atoms. The van der Waals surface area contributed by atoms with Gasteiger partial charge in [0.2, 0.25) is 5.91 Å². The first kappa shape index (κ1) is 19.0. The highest BCUT2D eigenvalue weighted by Crippen LogP contribution is 2.61. The van der Waals surface area contributed by atoms with Gasteiger partial charge in [0, 0.05) is 19.3 Å². The highest BCUT2D eigenvalue weighted by Gasteiger charge is 2.68. The molecule has 2 aromatic rings. The summed E-state index contributed by atoms with van der Waals surface area (Å²) >= 11 is 0. The summed E-state index contributed by atoms with van der Waals surface area (Å²) in [5.74, 6) is -2.10. The van der Waals surface area contributed by atoms with Crippen LogP contribution in [0.15, 0.2) is 23.4 Å². The van der Waals surface area contributed by atoms with E-state index in [1.54, 1.807) is 12.3 Å². The van der Waals surface area contributed by atoms with Crippen molar-refractivity contribution < 1.29 is 23.1 Å². The SMILES string of the molecule is C[C@]1(C(=O)N2CCC(O)(Cn3cnc4[nH]ccc4c3=O)CC2)C[C@@H]1C(F)(F)F. The highest BCUT2D eigenvalue weighted by molar-refractivity contribution is 5.86. The third kappa shape index (κ3) is 3.09. The minimum atomic E-state index is -4.37. The number of carbonyl (C=O) groups excluding carboxylic acids is 1. The largest absolute Gasteiger partial charge is 0.392 e. The third-order valence-corrected chi connectivity index (χ3v) is 6.11. The highest BCUT2D eigenvalue weighted by atomic mass is 19.4. The number of carbonyl (C=O) groups is 1. The number of aliphatic hydroxyl groups is 1. The molecule has 2 aliphatic rings. The first-order valence-corrected chi connectivity index (χ1v) is 9.15. The van der Waals surface area contributed by atoms with Crippen LogP contribution in [-0.4, -0.2) is 55.3 Å². The topological polar surface area (TPSA) is 91.2 Å². The summed E-state index contributed by atoms with van der Waals surface area (Å²) in [5, 5.41) is 11.3. The van der Waals surface area contributed by atoms with Gasteiger partial charge in [-0.2, -0.15) is 13.2 Å². The Hall–Kier alpha value is -2.36. The maximum Gasteiger partial charge on any atom is 0.392 e. The summed E-state index contributed by atoms with van der Waals surface area (Å²) < 4.78 is 40.0. The number of hydrogen-bond acceptors (Lipinski definition) is 4. The van der Waals surface area contributed by atoms with Gasteiger partial charge >= 0.3 is 6.18 Å². The van der Waals surface area contributed by atoms with E-state index in [1.165, 1.54) is 22.7 Å². The minimum Gasteiger partial charge on any atom is -0.388 e. The Labute approximate surface area is 158 Å². The zero-order valence-electron chi connectivity index (χ0n) is 15.3. The molecule has 1 saturated carbocycles. The number of aromatic amines is 1. The zero-order valence-corrected chi connectivity index (χ0v) is 15.3. The van der Waals surface area contributed by atoms with Gasteiger partial charge < -0.3 is 15.0 Å². The molecule has 1 saturated heterocycles. The maximum absolute atomic E-state index is 12.9. The van der Waals surface area contributed by atoms with Crippen molar-refractivity contribution in [2.24, 2.45) is 11.3 Å². The summed E-state index contributed by atoms with van der Waals surface area (Å²) in [6.45, 7) is 1.68. The van der Waals surface area contributed by atoms with Gasteiger partial charge in [0.05, 0.1) is 35.2 Å². The van der Waals surface area contributed by atoms with Crippen molar-refractivity contribution in [3.63, 3.8) is 0 Å². The Bertz CT molecular complexity index is 974. The van der Waals surface area contributed by atoms with Crippen LogP contribution in [0.2, 0.25) is 0 Å². The number of nitrogens with one attached hydrogen (secondary N) is 1. The fraction of sp³-hybridized carbons (Fsp3) is 0.611. The van der Waals surface area contributed by atoms with Gasteiger partial charge in [-0.3, -0.25) is 14.2 Å². The molecule has 3 heterocycles. The smallest absolute Gasteiger partial charge is 0.388 e. The summed E-state index contributed by atoms with van der Waals surface area (Å²) in [4.78, 5) is 33.4. The monoisotopic (exact) mass is 398 g/mol. The average Bonchev–Trinajstić information content (AvgIpc) is 3.12. The number of hydrogen-bond donors (Lipinski definition) is 2. The van der Waals surface area contributed by atoms with E-state index in [9.17, 15) is 27.9 Å². The normalized spacial score (nSPS) is 27.2. The molecule has 0 unspecified atom stereocenters. The van der Waals surface area contributed by atoms with E-state index in [2.05, 4.69) is 9.97 Å². The van der Waals surface area contributed by atoms with Gasteiger partial charge in [-0.25, -0.2) is 4.98 Å². The van der Waals surface area contributed by atoms with E-state index in [0.29, 0.717) is 11.0 Å². The molecule has 152 valence electrons. The Kier molecular flexibility index (Phi) is 4.11. The number of rotatable bonds is 3. The quantitative estimate of drug-likeness (QED) is 0.823. The summed E-state index contributed by atoms with van der Waals surface area (Å²) in [7, 11) is 0. The standard InChI is InChI=1S/C18H21F3N4O3/c1-16(8-12(16)18(19,20)21)15(27)24-6-3-17(28,4-7-24)9-25-10-23-13-11(14(25)26)2-5-22-13/h2,5,10,12,22,28H,3-4,6-9H2,1H3/t12-,16-/m0/s1. The molecular formula is C18H21F3N4O3. The second-order valence-electron chi connectivity index (χ2n) is 8.15. The molecule has 2 fully saturated rings. The van der Waals surface area contributed by atoms with Gasteiger partial charge in [0.25, 0.3) is 5.56 Å². The van der Waals surface area contributed by atoms with E-state index >= 15 is 0 Å². The fourth-order valence-electron chi connectivity index (χ4n) is 4.13. The number of aromatic nitrogens is 3. The van der Waals surface area contributed by atoms with Crippen molar-refractivity contribution in [2.45, 2.75) is 44.5 Å². The van der Waals surface area contributed by atoms with Crippen molar-refractivity contribution >= 4 is 16.9 Å². The van der Waals surface area contributed by atoms with Crippen LogP contribution in [-0.2, 0) is 11.3 Å². The number of halogens is 3. The number of likely N-dealkylation sites (tertiary alicyclic amines) is 1. The number of nitrogens with zero attached hydrogens (tertiary/aromatic N) is 3. The van der Waals surface area contributed by atoms with Crippen LogP contribution >= 0.6 is 0 Å². The van der Waals surface area contributed by atoms with Gasteiger partial charge in [-0.1, -0.05) is 6.92 Å². The van der Waals surface area contributed by atoms with Crippen LogP contribution in [0.4, 0.5) is 13.2 Å². The predicted octanol–water partition coefficient (Wildman–Crippen LogP) is 1.67. The van der Waals surface area contributed by atoms with Gasteiger partial charge in [0.15, 0.2) is 0 Å². The van der Waals surface area contributed by atoms with Crippen LogP contribution in [0.3, 0.4) is 0 Å². The van der Waals surface area contributed by atoms with Crippen molar-refractivity contribution in [1.29, 1.82) is 0 Å². The maximum atomic E-state index is 12.9. The van der Waals surface area contributed by atoms with Crippen LogP contribution in [0, 0.1) is 11.3 Å². The van der Waals surface area contributed by atoms with Crippen LogP contribution < -0.4 is 5.56 Å². The molecule has 0 spiro atoms. The molecule has 2 N–H and O–H groups in total. The third-order valence-electron chi connectivity index (χ3n) is 6.11. The predicted molar refractivity (Wildman–Crippen MR) is 93.4 cm³/mol. The first-order valence-electron chi connectivity index (χ1n) is 9.15. The molecule has 0 aromatic carbocycles. The fourth-order valence-corrected chi connectivity index (χ4v) is 4.13. The van der Waals surface area contributed by atoms with Crippen LogP contribution in [0.5, 0.6) is 0 Å². The molecule has 4 rings (SSSR count). The van der Waals surface area contributed by atoms with Crippen molar-refractivity contribution in [3.8, 4) is 0 Å². The Morgan fingerprint density at radius 3 is 2.68 bits per heavy atom. The molecule has 28 heavy (non-hydrogen) atoms. The van der Waals surface area contributed by atoms with Gasteiger partial charge in [-0.05, 0) is 25.3 Å². The molecule has 7 nitrogen and oxygen atoms in total. The van der Waals surface area contributed by atoms with Crippen molar-refractivity contribution in [2.75, 3.05) is 13.1 Å². The molecule has 2 aromatic heterocycles. The molecule has 2 atom stereocenters. The van der Waals surface area contributed by atoms with E-state index in [1.807, 2.05) is 0 Å². The van der Waals surface area contributed by atoms with Gasteiger partial charge in [0.1, 0.15) is 5.65 Å². The van der Waals surface area contributed by atoms with Crippen molar-refractivity contribution in [3.05, 3.63) is 28.9 Å². The molecule has 1 aliphatic carbocycles. The number of piperidine rings is 1. The molecule has 10 heteroatoms. The molecule has 0 radical (unpaired) electrons. The second kappa shape index (κ2) is 6.07. The van der Waals surface area contributed by atoms with E-state index in [0.717, 1.165) is 0 Å². The number of amides is 1. The molecular weight excluding hydrogens is 377 g/mol. The Balaban J connectivity index is 1.42. The second-order valence-corrected chi connectivity index (χ2v) is 8.15. The Morgan fingerprint density at radius 1 is 1.39 bits per heavy atom. The minimum absolute atomic E-state index is 0.0183. The van der Waals surface area contributed by atoms with Gasteiger partial charge in [-0.15, -0.1) is 0 Å². The lowest BCUT2D eigenvalue weighted by molar-refractivity contribution is -0.165. The molecule has 1 amide bonds. The summed E-state index contributed by atoms with van der Waals surface area (Å²) in [6, 6.07) is 1.61. The number of H-pyrrole nitrogens is 1. The number of fused-ring (bicyclic) bond motifs is 1. The van der Waals surface area contributed by atoms with E-state index < -0.39 is 29.0 Å². The lowest BCUT2D eigenvalue weighted by Gasteiger charge is -2.39. The van der Waals surface area contributed by atoms with E-state index in [-0.39, 0.29) is 44.5 Å². The zero-order chi connectivity index (χ0) is 20.3. The van der Waals surface area contributed by atoms with E-state index in [4.69, 9.17) is 0 Å². The Morgan fingerprint density at radius 2 is 2.07 bits per heavy atom. The lowest BCUT2D eigenvalue weighted by Crippen LogP contribution is -2.51. The average molecular weight is 398 g/mol. The summed E-state index contributed by atoms with van der Waals surface area (Å²) in [5.41, 5.74) is -2.43. The molecule has 1 aliphatic heterocycles. The summed E-state index contributed by atoms with van der Waals surface area (Å²) in [6.07, 6.45) is -1.23. The number of alkyl halides is 3. The van der Waals surface area contributed by atoms with Crippen LogP contribution in [0.25, 0.3) is 11.0 Å². The first-order chi connectivity index (χ1) is 13.0. The van der Waals surface area contributed by atoms with Crippen molar-refractivity contribution in [1.82, 2.24) is 19.4 Å². The lowest BCUT2D eigenvalue weighted by atomic mass is 9.90. The van der Waals surface area contributed by atoms with Crippen LogP contribution in [0.1, 0.15) is 26.2 Å².